The first kappa shape index (κ1) is 11.1. The van der Waals surface area contributed by atoms with E-state index in [0.717, 1.165) is 10.5 Å². The number of benzene rings is 1. The fraction of sp³-hybridized carbons (Fsp3) is 0.364. The number of rotatable bonds is 4. The molecule has 0 amide bonds. The molecule has 0 aliphatic heterocycles. The van der Waals surface area contributed by atoms with Crippen molar-refractivity contribution in [2.45, 2.75) is 24.4 Å². The summed E-state index contributed by atoms with van der Waals surface area (Å²) < 4.78 is 12.6. The van der Waals surface area contributed by atoms with Crippen LogP contribution in [0.2, 0.25) is 0 Å². The van der Waals surface area contributed by atoms with Gasteiger partial charge in [0.2, 0.25) is 0 Å². The molecule has 0 saturated heterocycles. The first-order valence-corrected chi connectivity index (χ1v) is 5.43. The number of hydrogen-bond donors (Lipinski definition) is 0. The first-order chi connectivity index (χ1) is 6.72. The van der Waals surface area contributed by atoms with Crippen LogP contribution >= 0.6 is 11.8 Å². The van der Waals surface area contributed by atoms with E-state index in [1.807, 2.05) is 24.3 Å². The molecule has 1 nitrogen and oxygen atoms in total. The minimum atomic E-state index is -0.792. The Hall–Kier alpha value is -1.01. The summed E-state index contributed by atoms with van der Waals surface area (Å²) >= 11 is 1.48. The predicted molar refractivity (Wildman–Crippen MR) is 57.1 cm³/mol. The molecule has 0 N–H and O–H groups in total. The zero-order valence-electron chi connectivity index (χ0n) is 8.03. The lowest BCUT2D eigenvalue weighted by molar-refractivity contribution is 0.398. The standard InChI is InChI=1S/C11H12FNS/c1-9(12)8-14-11-4-2-3-10(7-11)5-6-13/h2-4,7,9H,5,8H2,1H3. The van der Waals surface area contributed by atoms with E-state index in [2.05, 4.69) is 6.07 Å². The summed E-state index contributed by atoms with van der Waals surface area (Å²) in [6.07, 6.45) is -0.376. The van der Waals surface area contributed by atoms with Crippen molar-refractivity contribution in [2.24, 2.45) is 0 Å². The third kappa shape index (κ3) is 3.80. The van der Waals surface area contributed by atoms with E-state index in [4.69, 9.17) is 5.26 Å². The lowest BCUT2D eigenvalue weighted by Crippen LogP contribution is -1.95. The highest BCUT2D eigenvalue weighted by Crippen LogP contribution is 2.20. The molecule has 1 unspecified atom stereocenters. The molecule has 0 aliphatic rings. The fourth-order valence-electron chi connectivity index (χ4n) is 1.05. The molecule has 3 heteroatoms. The monoisotopic (exact) mass is 209 g/mol. The van der Waals surface area contributed by atoms with Crippen LogP contribution < -0.4 is 0 Å². The van der Waals surface area contributed by atoms with Gasteiger partial charge in [-0.3, -0.25) is 0 Å². The second kappa shape index (κ2) is 5.66. The SMILES string of the molecule is CC(F)CSc1cccc(CC#N)c1. The molecule has 0 spiro atoms. The molecule has 74 valence electrons. The highest BCUT2D eigenvalue weighted by molar-refractivity contribution is 7.99. The Morgan fingerprint density at radius 3 is 3.00 bits per heavy atom. The lowest BCUT2D eigenvalue weighted by atomic mass is 10.2. The minimum Gasteiger partial charge on any atom is -0.247 e. The van der Waals surface area contributed by atoms with Gasteiger partial charge in [-0.25, -0.2) is 4.39 Å². The van der Waals surface area contributed by atoms with E-state index < -0.39 is 6.17 Å². The van der Waals surface area contributed by atoms with Crippen molar-refractivity contribution in [2.75, 3.05) is 5.75 Å². The van der Waals surface area contributed by atoms with Gasteiger partial charge in [0.05, 0.1) is 12.5 Å². The number of thioether (sulfide) groups is 1. The molecule has 14 heavy (non-hydrogen) atoms. The number of halogens is 1. The molecular weight excluding hydrogens is 197 g/mol. The second-order valence-electron chi connectivity index (χ2n) is 3.07. The van der Waals surface area contributed by atoms with Crippen LogP contribution in [0.1, 0.15) is 12.5 Å². The Morgan fingerprint density at radius 2 is 2.36 bits per heavy atom. The molecule has 1 aromatic rings. The topological polar surface area (TPSA) is 23.8 Å². The number of nitrogens with zero attached hydrogens (tertiary/aromatic N) is 1. The molecule has 0 heterocycles. The number of hydrogen-bond acceptors (Lipinski definition) is 2. The van der Waals surface area contributed by atoms with Gasteiger partial charge in [0.25, 0.3) is 0 Å². The summed E-state index contributed by atoms with van der Waals surface area (Å²) in [5.74, 6) is 0.468. The van der Waals surface area contributed by atoms with Crippen molar-refractivity contribution in [3.8, 4) is 6.07 Å². The number of nitriles is 1. The van der Waals surface area contributed by atoms with Gasteiger partial charge < -0.3 is 0 Å². The van der Waals surface area contributed by atoms with Gasteiger partial charge in [-0.2, -0.15) is 5.26 Å². The van der Waals surface area contributed by atoms with Gasteiger partial charge >= 0.3 is 0 Å². The van der Waals surface area contributed by atoms with E-state index in [1.165, 1.54) is 11.8 Å². The zero-order chi connectivity index (χ0) is 10.4. The van der Waals surface area contributed by atoms with Crippen molar-refractivity contribution in [3.63, 3.8) is 0 Å². The van der Waals surface area contributed by atoms with Crippen molar-refractivity contribution >= 4 is 11.8 Å². The first-order valence-electron chi connectivity index (χ1n) is 4.45. The van der Waals surface area contributed by atoms with Gasteiger partial charge in [0, 0.05) is 10.6 Å². The minimum absolute atomic E-state index is 0.416. The molecule has 0 radical (unpaired) electrons. The molecule has 1 aromatic carbocycles. The average Bonchev–Trinajstić information content (AvgIpc) is 2.16. The predicted octanol–water partition coefficient (Wildman–Crippen LogP) is 3.20. The van der Waals surface area contributed by atoms with E-state index in [1.54, 1.807) is 6.92 Å². The van der Waals surface area contributed by atoms with Gasteiger partial charge in [-0.05, 0) is 24.6 Å². The van der Waals surface area contributed by atoms with Gasteiger partial charge in [-0.1, -0.05) is 12.1 Å². The Bertz CT molecular complexity index is 330. The normalized spacial score (nSPS) is 12.1. The highest BCUT2D eigenvalue weighted by atomic mass is 32.2. The Balaban J connectivity index is 2.60. The fourth-order valence-corrected chi connectivity index (χ4v) is 1.88. The summed E-state index contributed by atoms with van der Waals surface area (Å²) in [4.78, 5) is 1.03. The Labute approximate surface area is 87.9 Å². The molecule has 0 bridgehead atoms. The quantitative estimate of drug-likeness (QED) is 0.711. The summed E-state index contributed by atoms with van der Waals surface area (Å²) in [5, 5.41) is 8.51. The molecule has 0 aliphatic carbocycles. The van der Waals surface area contributed by atoms with Crippen molar-refractivity contribution in [1.29, 1.82) is 5.26 Å². The summed E-state index contributed by atoms with van der Waals surface area (Å²) in [5.41, 5.74) is 0.990. The molecule has 0 saturated carbocycles. The Morgan fingerprint density at radius 1 is 1.57 bits per heavy atom. The largest absolute Gasteiger partial charge is 0.247 e. The summed E-state index contributed by atoms with van der Waals surface area (Å²) in [6, 6.07) is 9.78. The smallest absolute Gasteiger partial charge is 0.107 e. The highest BCUT2D eigenvalue weighted by Gasteiger charge is 2.00. The third-order valence-corrected chi connectivity index (χ3v) is 2.87. The van der Waals surface area contributed by atoms with Crippen LogP contribution in [0.15, 0.2) is 29.2 Å². The van der Waals surface area contributed by atoms with E-state index in [0.29, 0.717) is 12.2 Å². The second-order valence-corrected chi connectivity index (χ2v) is 4.17. The maximum Gasteiger partial charge on any atom is 0.107 e. The van der Waals surface area contributed by atoms with Gasteiger partial charge in [0.15, 0.2) is 0 Å². The van der Waals surface area contributed by atoms with Crippen LogP contribution in [0.4, 0.5) is 4.39 Å². The van der Waals surface area contributed by atoms with E-state index in [-0.39, 0.29) is 0 Å². The molecule has 1 atom stereocenters. The van der Waals surface area contributed by atoms with Crippen molar-refractivity contribution in [3.05, 3.63) is 29.8 Å². The molecule has 1 rings (SSSR count). The Kier molecular flexibility index (Phi) is 4.48. The van der Waals surface area contributed by atoms with Gasteiger partial charge in [0.1, 0.15) is 6.17 Å². The van der Waals surface area contributed by atoms with Crippen LogP contribution in [0, 0.1) is 11.3 Å². The van der Waals surface area contributed by atoms with Crippen LogP contribution in [0.5, 0.6) is 0 Å². The van der Waals surface area contributed by atoms with Crippen LogP contribution in [-0.4, -0.2) is 11.9 Å². The lowest BCUT2D eigenvalue weighted by Gasteiger charge is -2.03. The van der Waals surface area contributed by atoms with Crippen molar-refractivity contribution < 1.29 is 4.39 Å². The maximum absolute atomic E-state index is 12.6. The summed E-state index contributed by atoms with van der Waals surface area (Å²) in [6.45, 7) is 1.55. The third-order valence-electron chi connectivity index (χ3n) is 1.66. The van der Waals surface area contributed by atoms with Crippen LogP contribution in [-0.2, 0) is 6.42 Å². The van der Waals surface area contributed by atoms with Crippen LogP contribution in [0.3, 0.4) is 0 Å². The van der Waals surface area contributed by atoms with Gasteiger partial charge in [-0.15, -0.1) is 11.8 Å². The molecule has 0 aromatic heterocycles. The van der Waals surface area contributed by atoms with Crippen LogP contribution in [0.25, 0.3) is 0 Å². The zero-order valence-corrected chi connectivity index (χ0v) is 8.85. The molecular formula is C11H12FNS. The van der Waals surface area contributed by atoms with Crippen molar-refractivity contribution in [1.82, 2.24) is 0 Å². The average molecular weight is 209 g/mol. The molecule has 0 fully saturated rings. The summed E-state index contributed by atoms with van der Waals surface area (Å²) in [7, 11) is 0. The number of alkyl halides is 1. The van der Waals surface area contributed by atoms with E-state index >= 15 is 0 Å². The van der Waals surface area contributed by atoms with E-state index in [9.17, 15) is 4.39 Å². The maximum atomic E-state index is 12.6.